The van der Waals surface area contributed by atoms with Crippen LogP contribution in [0.2, 0.25) is 0 Å². The van der Waals surface area contributed by atoms with E-state index in [1.54, 1.807) is 4.52 Å². The molecule has 1 unspecified atom stereocenters. The molecule has 38 heavy (non-hydrogen) atoms. The number of fused-ring (bicyclic) bond motifs is 3. The second-order valence-corrected chi connectivity index (χ2v) is 11.1. The fraction of sp³-hybridized carbons (Fsp3) is 0.464. The van der Waals surface area contributed by atoms with Crippen molar-refractivity contribution in [2.24, 2.45) is 0 Å². The van der Waals surface area contributed by atoms with Crippen molar-refractivity contribution in [1.82, 2.24) is 34.4 Å². The van der Waals surface area contributed by atoms with Crippen LogP contribution in [0.5, 0.6) is 0 Å². The molecule has 0 radical (unpaired) electrons. The number of H-pyrrole nitrogens is 1. The Balaban J connectivity index is 1.27. The number of aliphatic hydroxyl groups excluding tert-OH is 1. The highest BCUT2D eigenvalue weighted by Crippen LogP contribution is 2.50. The van der Waals surface area contributed by atoms with Gasteiger partial charge in [0.25, 0.3) is 0 Å². The first kappa shape index (κ1) is 23.3. The third kappa shape index (κ3) is 3.61. The number of piperidine rings is 1. The fourth-order valence-corrected chi connectivity index (χ4v) is 6.60. The van der Waals surface area contributed by atoms with Crippen LogP contribution in [0.3, 0.4) is 0 Å². The first-order chi connectivity index (χ1) is 18.4. The summed E-state index contributed by atoms with van der Waals surface area (Å²) in [5.74, 6) is 1.92. The highest BCUT2D eigenvalue weighted by Gasteiger charge is 2.45. The summed E-state index contributed by atoms with van der Waals surface area (Å²) in [6.07, 6.45) is 9.56. The molecule has 4 N–H and O–H groups in total. The maximum absolute atomic E-state index is 12.4. The average molecular weight is 513 g/mol. The zero-order valence-corrected chi connectivity index (χ0v) is 21.7. The first-order valence-electron chi connectivity index (χ1n) is 13.5. The second kappa shape index (κ2) is 8.62. The van der Waals surface area contributed by atoms with Crippen LogP contribution in [0.25, 0.3) is 28.3 Å². The number of nitrogen functional groups attached to an aromatic ring is 1. The number of aryl methyl sites for hydroxylation is 2. The Kier molecular flexibility index (Phi) is 5.30. The van der Waals surface area contributed by atoms with Crippen molar-refractivity contribution in [3.63, 3.8) is 0 Å². The molecule has 10 nitrogen and oxygen atoms in total. The number of hydrogen-bond acceptors (Lipinski definition) is 7. The smallest absolute Gasteiger partial charge is 0.248 e. The number of nitrogens with zero attached hydrogens (tertiary/aromatic N) is 6. The van der Waals surface area contributed by atoms with Gasteiger partial charge in [0.05, 0.1) is 17.6 Å². The molecule has 4 aromatic rings. The zero-order chi connectivity index (χ0) is 26.1. The minimum absolute atomic E-state index is 0.153. The van der Waals surface area contributed by atoms with Crippen molar-refractivity contribution in [2.45, 2.75) is 76.3 Å². The number of pyridine rings is 1. The number of carbonyl (C=O) groups excluding carboxylic acids is 1. The molecule has 6 heterocycles. The van der Waals surface area contributed by atoms with E-state index in [0.717, 1.165) is 89.5 Å². The van der Waals surface area contributed by atoms with Crippen LogP contribution >= 0.6 is 0 Å². The fourth-order valence-electron chi connectivity index (χ4n) is 6.60. The standard InChI is InChI=1S/C28H32N8O2/c1-14-15(2)33-27(32-14)22-8-5-17(11-30-22)21-12-31-36-26(29)24(16-3-4-16)25(34-28(21)36)18-9-19-6-7-20(10-18)35(19)23(38)13-37/h5,8,11-12,16,18-20,37H,3-4,6-7,9-10,13,29H2,1-2H3,(H,32,33)/t18?,19-,20+. The van der Waals surface area contributed by atoms with E-state index in [-0.39, 0.29) is 23.9 Å². The van der Waals surface area contributed by atoms with Gasteiger partial charge < -0.3 is 20.7 Å². The second-order valence-electron chi connectivity index (χ2n) is 11.1. The SMILES string of the molecule is Cc1nc(-c2ccc(-c3cnn4c(N)c(C5CC5)c(C5C[C@H]6CC[C@@H](C5)N6C(=O)CO)nc34)cn2)[nH]c1C. The van der Waals surface area contributed by atoms with Gasteiger partial charge in [-0.1, -0.05) is 6.07 Å². The molecule has 196 valence electrons. The monoisotopic (exact) mass is 512 g/mol. The van der Waals surface area contributed by atoms with Crippen LogP contribution in [0.1, 0.15) is 73.0 Å². The number of amides is 1. The Morgan fingerprint density at radius 1 is 1.08 bits per heavy atom. The number of anilines is 1. The highest BCUT2D eigenvalue weighted by atomic mass is 16.3. The predicted molar refractivity (Wildman–Crippen MR) is 142 cm³/mol. The number of imidazole rings is 1. The first-order valence-corrected chi connectivity index (χ1v) is 13.5. The van der Waals surface area contributed by atoms with Crippen molar-refractivity contribution in [1.29, 1.82) is 0 Å². The molecule has 2 bridgehead atoms. The topological polar surface area (TPSA) is 138 Å². The van der Waals surface area contributed by atoms with Crippen LogP contribution in [0.15, 0.2) is 24.5 Å². The van der Waals surface area contributed by atoms with Crippen molar-refractivity contribution in [2.75, 3.05) is 12.3 Å². The summed E-state index contributed by atoms with van der Waals surface area (Å²) in [5, 5.41) is 14.1. The van der Waals surface area contributed by atoms with Gasteiger partial charge in [-0.3, -0.25) is 9.78 Å². The molecule has 7 rings (SSSR count). The number of nitrogens with two attached hydrogens (primary N) is 1. The predicted octanol–water partition coefficient (Wildman–Crippen LogP) is 3.49. The summed E-state index contributed by atoms with van der Waals surface area (Å²) in [6, 6.07) is 4.29. The molecule has 0 aromatic carbocycles. The molecular weight excluding hydrogens is 480 g/mol. The van der Waals surface area contributed by atoms with Crippen molar-refractivity contribution in [3.05, 3.63) is 47.2 Å². The molecule has 3 fully saturated rings. The molecular formula is C28H32N8O2. The number of hydrogen-bond donors (Lipinski definition) is 3. The molecule has 10 heteroatoms. The van der Waals surface area contributed by atoms with Crippen LogP contribution < -0.4 is 5.73 Å². The highest BCUT2D eigenvalue weighted by molar-refractivity contribution is 5.80. The lowest BCUT2D eigenvalue weighted by atomic mass is 9.85. The van der Waals surface area contributed by atoms with E-state index in [1.807, 2.05) is 43.3 Å². The Morgan fingerprint density at radius 2 is 1.84 bits per heavy atom. The number of aromatic amines is 1. The summed E-state index contributed by atoms with van der Waals surface area (Å²) in [6.45, 7) is 3.56. The van der Waals surface area contributed by atoms with Gasteiger partial charge in [-0.05, 0) is 64.4 Å². The van der Waals surface area contributed by atoms with Gasteiger partial charge in [-0.25, -0.2) is 9.97 Å². The summed E-state index contributed by atoms with van der Waals surface area (Å²) in [5.41, 5.74) is 14.3. The summed E-state index contributed by atoms with van der Waals surface area (Å²) in [4.78, 5) is 32.1. The van der Waals surface area contributed by atoms with Gasteiger partial charge in [-0.15, -0.1) is 0 Å². The van der Waals surface area contributed by atoms with Crippen LogP contribution in [0.4, 0.5) is 5.82 Å². The molecule has 0 spiro atoms. The van der Waals surface area contributed by atoms with E-state index >= 15 is 0 Å². The molecule has 2 aliphatic heterocycles. The minimum Gasteiger partial charge on any atom is -0.387 e. The number of carbonyl (C=O) groups is 1. The largest absolute Gasteiger partial charge is 0.387 e. The van der Waals surface area contributed by atoms with Gasteiger partial charge >= 0.3 is 0 Å². The lowest BCUT2D eigenvalue weighted by Crippen LogP contribution is -2.47. The van der Waals surface area contributed by atoms with Crippen LogP contribution in [-0.4, -0.2) is 64.2 Å². The molecule has 1 amide bonds. The number of rotatable bonds is 5. The third-order valence-electron chi connectivity index (χ3n) is 8.72. The number of aromatic nitrogens is 6. The average Bonchev–Trinajstić information content (AvgIpc) is 3.49. The van der Waals surface area contributed by atoms with E-state index in [9.17, 15) is 9.90 Å². The minimum atomic E-state index is -0.423. The summed E-state index contributed by atoms with van der Waals surface area (Å²) >= 11 is 0. The molecule has 2 saturated heterocycles. The van der Waals surface area contributed by atoms with Crippen molar-refractivity contribution in [3.8, 4) is 22.6 Å². The lowest BCUT2D eigenvalue weighted by Gasteiger charge is -2.39. The van der Waals surface area contributed by atoms with E-state index in [1.165, 1.54) is 0 Å². The maximum atomic E-state index is 12.4. The van der Waals surface area contributed by atoms with E-state index in [0.29, 0.717) is 11.7 Å². The Morgan fingerprint density at radius 3 is 2.45 bits per heavy atom. The maximum Gasteiger partial charge on any atom is 0.248 e. The Labute approximate surface area is 220 Å². The molecule has 1 saturated carbocycles. The lowest BCUT2D eigenvalue weighted by molar-refractivity contribution is -0.138. The van der Waals surface area contributed by atoms with Crippen molar-refractivity contribution < 1.29 is 9.90 Å². The Hall–Kier alpha value is -3.79. The normalized spacial score (nSPS) is 22.9. The Bertz CT molecular complexity index is 1520. The van der Waals surface area contributed by atoms with Gasteiger partial charge in [-0.2, -0.15) is 9.61 Å². The van der Waals surface area contributed by atoms with E-state index in [4.69, 9.17) is 10.7 Å². The van der Waals surface area contributed by atoms with Crippen LogP contribution in [0, 0.1) is 13.8 Å². The molecule has 1 aliphatic carbocycles. The third-order valence-corrected chi connectivity index (χ3v) is 8.72. The number of aliphatic hydroxyl groups is 1. The van der Waals surface area contributed by atoms with Gasteiger partial charge in [0.2, 0.25) is 5.91 Å². The van der Waals surface area contributed by atoms with Gasteiger partial charge in [0.15, 0.2) is 11.5 Å². The van der Waals surface area contributed by atoms with Crippen molar-refractivity contribution >= 4 is 17.4 Å². The molecule has 4 aromatic heterocycles. The summed E-state index contributed by atoms with van der Waals surface area (Å²) < 4.78 is 1.78. The zero-order valence-electron chi connectivity index (χ0n) is 21.7. The molecule has 3 aliphatic rings. The van der Waals surface area contributed by atoms with Crippen LogP contribution in [-0.2, 0) is 4.79 Å². The van der Waals surface area contributed by atoms with E-state index in [2.05, 4.69) is 20.1 Å². The van der Waals surface area contributed by atoms with Gasteiger partial charge in [0.1, 0.15) is 18.1 Å². The van der Waals surface area contributed by atoms with Gasteiger partial charge in [0, 0.05) is 46.6 Å². The number of nitrogens with one attached hydrogen (secondary N) is 1. The molecule has 3 atom stereocenters. The van der Waals surface area contributed by atoms with E-state index < -0.39 is 6.61 Å². The quantitative estimate of drug-likeness (QED) is 0.372. The summed E-state index contributed by atoms with van der Waals surface area (Å²) in [7, 11) is 0.